The predicted molar refractivity (Wildman–Crippen MR) is 71.6 cm³/mol. The Bertz CT molecular complexity index is 421. The lowest BCUT2D eigenvalue weighted by atomic mass is 9.83. The van der Waals surface area contributed by atoms with Crippen molar-refractivity contribution >= 4 is 5.91 Å². The molecule has 1 aromatic heterocycles. The van der Waals surface area contributed by atoms with Crippen molar-refractivity contribution in [2.75, 3.05) is 0 Å². The summed E-state index contributed by atoms with van der Waals surface area (Å²) >= 11 is 0. The number of carbonyl (C=O) groups excluding carboxylic acids is 1. The Balaban J connectivity index is 2.80. The molecule has 0 spiro atoms. The van der Waals surface area contributed by atoms with Crippen molar-refractivity contribution in [3.63, 3.8) is 0 Å². The van der Waals surface area contributed by atoms with Crippen LogP contribution in [0.4, 0.5) is 0 Å². The van der Waals surface area contributed by atoms with Crippen molar-refractivity contribution in [2.24, 2.45) is 5.41 Å². The summed E-state index contributed by atoms with van der Waals surface area (Å²) in [5.74, 6) is 0.632. The van der Waals surface area contributed by atoms with E-state index in [0.29, 0.717) is 5.69 Å². The maximum Gasteiger partial charge on any atom is 0.273 e. The molecule has 0 aromatic carbocycles. The molecule has 0 saturated carbocycles. The molecule has 1 heterocycles. The Kier molecular flexibility index (Phi) is 4.54. The molecule has 0 saturated heterocycles. The summed E-state index contributed by atoms with van der Waals surface area (Å²) < 4.78 is 5.15. The van der Waals surface area contributed by atoms with Crippen molar-refractivity contribution in [2.45, 2.75) is 60.4 Å². The van der Waals surface area contributed by atoms with Crippen LogP contribution in [0, 0.1) is 12.3 Å². The first-order chi connectivity index (χ1) is 8.33. The number of hydrogen-bond donors (Lipinski definition) is 1. The fourth-order valence-corrected chi connectivity index (χ4v) is 1.68. The molecule has 1 N–H and O–H groups in total. The van der Waals surface area contributed by atoms with Gasteiger partial charge in [-0.1, -0.05) is 32.9 Å². The first-order valence-electron chi connectivity index (χ1n) is 6.59. The quantitative estimate of drug-likeness (QED) is 0.876. The van der Waals surface area contributed by atoms with Crippen molar-refractivity contribution < 1.29 is 9.32 Å². The van der Waals surface area contributed by atoms with Crippen LogP contribution in [0.15, 0.2) is 4.52 Å². The molecule has 0 radical (unpaired) electrons. The van der Waals surface area contributed by atoms with Gasteiger partial charge in [0.1, 0.15) is 5.76 Å². The molecule has 0 aliphatic heterocycles. The summed E-state index contributed by atoms with van der Waals surface area (Å²) in [6.45, 7) is 12.3. The zero-order valence-electron chi connectivity index (χ0n) is 12.3. The van der Waals surface area contributed by atoms with Crippen LogP contribution in [0.3, 0.4) is 0 Å². The molecule has 1 atom stereocenters. The van der Waals surface area contributed by atoms with Gasteiger partial charge in [0.15, 0.2) is 5.69 Å². The maximum absolute atomic E-state index is 12.1. The number of nitrogens with zero attached hydrogens (tertiary/aromatic N) is 1. The Morgan fingerprint density at radius 2 is 2.06 bits per heavy atom. The van der Waals surface area contributed by atoms with E-state index in [4.69, 9.17) is 4.52 Å². The van der Waals surface area contributed by atoms with E-state index in [2.05, 4.69) is 31.2 Å². The van der Waals surface area contributed by atoms with E-state index >= 15 is 0 Å². The fourth-order valence-electron chi connectivity index (χ4n) is 1.68. The van der Waals surface area contributed by atoms with E-state index in [1.807, 2.05) is 20.8 Å². The molecule has 0 aliphatic rings. The molecular weight excluding hydrogens is 228 g/mol. The van der Waals surface area contributed by atoms with Gasteiger partial charge >= 0.3 is 0 Å². The van der Waals surface area contributed by atoms with Crippen LogP contribution in [0.25, 0.3) is 0 Å². The van der Waals surface area contributed by atoms with Crippen molar-refractivity contribution in [3.05, 3.63) is 17.0 Å². The zero-order chi connectivity index (χ0) is 13.9. The van der Waals surface area contributed by atoms with E-state index in [9.17, 15) is 4.79 Å². The maximum atomic E-state index is 12.1. The molecule has 4 heteroatoms. The second-order valence-electron chi connectivity index (χ2n) is 5.47. The van der Waals surface area contributed by atoms with Crippen molar-refractivity contribution in [1.29, 1.82) is 0 Å². The summed E-state index contributed by atoms with van der Waals surface area (Å²) in [6, 6.07) is 0.0937. The SMILES string of the molecule is CCc1onc(C(=O)NC(C)C(C)(C)CC)c1C. The van der Waals surface area contributed by atoms with E-state index < -0.39 is 0 Å². The van der Waals surface area contributed by atoms with E-state index in [0.717, 1.165) is 24.2 Å². The van der Waals surface area contributed by atoms with Crippen LogP contribution in [0.2, 0.25) is 0 Å². The minimum Gasteiger partial charge on any atom is -0.360 e. The highest BCUT2D eigenvalue weighted by atomic mass is 16.5. The number of aryl methyl sites for hydroxylation is 1. The van der Waals surface area contributed by atoms with Crippen LogP contribution in [-0.2, 0) is 6.42 Å². The first-order valence-corrected chi connectivity index (χ1v) is 6.59. The molecule has 1 amide bonds. The average molecular weight is 252 g/mol. The largest absolute Gasteiger partial charge is 0.360 e. The predicted octanol–water partition coefficient (Wildman–Crippen LogP) is 3.10. The molecule has 102 valence electrons. The highest BCUT2D eigenvalue weighted by Gasteiger charge is 2.27. The molecule has 1 rings (SSSR count). The van der Waals surface area contributed by atoms with Gasteiger partial charge in [-0.2, -0.15) is 0 Å². The molecule has 1 unspecified atom stereocenters. The van der Waals surface area contributed by atoms with Crippen molar-refractivity contribution in [1.82, 2.24) is 10.5 Å². The molecule has 0 aliphatic carbocycles. The molecule has 18 heavy (non-hydrogen) atoms. The summed E-state index contributed by atoms with van der Waals surface area (Å²) in [4.78, 5) is 12.1. The standard InChI is InChI=1S/C14H24N2O2/c1-7-11-9(3)12(16-18-11)13(17)15-10(4)14(5,6)8-2/h10H,7-8H2,1-6H3,(H,15,17). The topological polar surface area (TPSA) is 55.1 Å². The third-order valence-electron chi connectivity index (χ3n) is 3.99. The van der Waals surface area contributed by atoms with Crippen LogP contribution in [0.1, 0.15) is 62.9 Å². The molecule has 0 bridgehead atoms. The lowest BCUT2D eigenvalue weighted by Gasteiger charge is -2.31. The second kappa shape index (κ2) is 5.55. The van der Waals surface area contributed by atoms with Crippen LogP contribution >= 0.6 is 0 Å². The Hall–Kier alpha value is -1.32. The minimum absolute atomic E-state index is 0.0703. The summed E-state index contributed by atoms with van der Waals surface area (Å²) in [5.41, 5.74) is 1.32. The smallest absolute Gasteiger partial charge is 0.273 e. The van der Waals surface area contributed by atoms with Gasteiger partial charge in [-0.15, -0.1) is 0 Å². The zero-order valence-corrected chi connectivity index (χ0v) is 12.3. The lowest BCUT2D eigenvalue weighted by molar-refractivity contribution is 0.0891. The number of nitrogens with one attached hydrogen (secondary N) is 1. The van der Waals surface area contributed by atoms with Gasteiger partial charge in [-0.25, -0.2) is 0 Å². The minimum atomic E-state index is -0.148. The van der Waals surface area contributed by atoms with Crippen LogP contribution in [0.5, 0.6) is 0 Å². The third-order valence-corrected chi connectivity index (χ3v) is 3.99. The van der Waals surface area contributed by atoms with Gasteiger partial charge < -0.3 is 9.84 Å². The summed E-state index contributed by atoms with van der Waals surface area (Å²) in [6.07, 6.45) is 1.76. The Morgan fingerprint density at radius 1 is 1.44 bits per heavy atom. The van der Waals surface area contributed by atoms with E-state index in [1.54, 1.807) is 0 Å². The summed E-state index contributed by atoms with van der Waals surface area (Å²) in [5, 5.41) is 6.86. The Morgan fingerprint density at radius 3 is 2.50 bits per heavy atom. The van der Waals surface area contributed by atoms with E-state index in [1.165, 1.54) is 0 Å². The average Bonchev–Trinajstić information content (AvgIpc) is 2.70. The van der Waals surface area contributed by atoms with Crippen LogP contribution < -0.4 is 5.32 Å². The van der Waals surface area contributed by atoms with Gasteiger partial charge in [-0.05, 0) is 25.7 Å². The number of carbonyl (C=O) groups is 1. The third kappa shape index (κ3) is 2.92. The fraction of sp³-hybridized carbons (Fsp3) is 0.714. The van der Waals surface area contributed by atoms with Gasteiger partial charge in [0.2, 0.25) is 0 Å². The molecular formula is C14H24N2O2. The second-order valence-corrected chi connectivity index (χ2v) is 5.47. The van der Waals surface area contributed by atoms with E-state index in [-0.39, 0.29) is 17.4 Å². The van der Waals surface area contributed by atoms with Gasteiger partial charge in [0, 0.05) is 18.0 Å². The van der Waals surface area contributed by atoms with Crippen LogP contribution in [-0.4, -0.2) is 17.1 Å². The Labute approximate surface area is 109 Å². The lowest BCUT2D eigenvalue weighted by Crippen LogP contribution is -2.42. The van der Waals surface area contributed by atoms with Gasteiger partial charge in [0.05, 0.1) is 0 Å². The van der Waals surface area contributed by atoms with Crippen molar-refractivity contribution in [3.8, 4) is 0 Å². The summed E-state index contributed by atoms with van der Waals surface area (Å²) in [7, 11) is 0. The highest BCUT2D eigenvalue weighted by Crippen LogP contribution is 2.25. The first kappa shape index (κ1) is 14.7. The monoisotopic (exact) mass is 252 g/mol. The number of rotatable bonds is 5. The highest BCUT2D eigenvalue weighted by molar-refractivity contribution is 5.93. The number of amides is 1. The molecule has 0 fully saturated rings. The number of aromatic nitrogens is 1. The van der Waals surface area contributed by atoms with Gasteiger partial charge in [0.25, 0.3) is 5.91 Å². The number of hydrogen-bond acceptors (Lipinski definition) is 3. The van der Waals surface area contributed by atoms with Gasteiger partial charge in [-0.3, -0.25) is 4.79 Å². The molecule has 4 nitrogen and oxygen atoms in total. The molecule has 1 aromatic rings. The normalized spacial score (nSPS) is 13.4.